The Morgan fingerprint density at radius 1 is 0.471 bits per heavy atom. The predicted molar refractivity (Wildman–Crippen MR) is 211 cm³/mol. The highest BCUT2D eigenvalue weighted by molar-refractivity contribution is 6.10. The van der Waals surface area contributed by atoms with Gasteiger partial charge in [-0.05, 0) is 106 Å². The smallest absolute Gasteiger partial charge is 0.158 e. The average molecular weight is 662 g/mol. The lowest BCUT2D eigenvalue weighted by Crippen LogP contribution is -2.26. The van der Waals surface area contributed by atoms with E-state index < -0.39 is 0 Å². The second kappa shape index (κ2) is 11.5. The number of para-hydroxylation sites is 2. The molecule has 11 rings (SSSR count). The van der Waals surface area contributed by atoms with Gasteiger partial charge in [-0.2, -0.15) is 0 Å². The third kappa shape index (κ3) is 4.29. The van der Waals surface area contributed by atoms with Crippen molar-refractivity contribution in [1.82, 2.24) is 0 Å². The van der Waals surface area contributed by atoms with Gasteiger partial charge < -0.3 is 9.73 Å². The summed E-state index contributed by atoms with van der Waals surface area (Å²) in [5, 5.41) is 6.23. The van der Waals surface area contributed by atoms with Crippen LogP contribution in [0.25, 0.3) is 44.2 Å². The van der Waals surface area contributed by atoms with Gasteiger partial charge in [0.1, 0.15) is 5.58 Å². The molecule has 2 fully saturated rings. The van der Waals surface area contributed by atoms with Crippen LogP contribution in [0.5, 0.6) is 0 Å². The Morgan fingerprint density at radius 3 is 1.78 bits per heavy atom. The van der Waals surface area contributed by atoms with E-state index in [9.17, 15) is 0 Å². The summed E-state index contributed by atoms with van der Waals surface area (Å²) in [5.41, 5.74) is 17.9. The summed E-state index contributed by atoms with van der Waals surface area (Å²) < 4.78 is 6.51. The zero-order chi connectivity index (χ0) is 33.5. The summed E-state index contributed by atoms with van der Waals surface area (Å²) in [7, 11) is 0. The first-order valence-electron chi connectivity index (χ1n) is 19.5. The Morgan fingerprint density at radius 2 is 1.06 bits per heavy atom. The van der Waals surface area contributed by atoms with Crippen molar-refractivity contribution in [3.63, 3.8) is 0 Å². The van der Waals surface area contributed by atoms with E-state index in [1.165, 1.54) is 120 Å². The number of anilines is 2. The van der Waals surface area contributed by atoms with Crippen molar-refractivity contribution in [2.24, 2.45) is 0 Å². The third-order valence-corrected chi connectivity index (χ3v) is 13.1. The van der Waals surface area contributed by atoms with Crippen LogP contribution < -0.4 is 5.32 Å². The van der Waals surface area contributed by atoms with Gasteiger partial charge >= 0.3 is 0 Å². The largest absolute Gasteiger partial charge is 0.454 e. The molecule has 1 heterocycles. The van der Waals surface area contributed by atoms with E-state index in [0.29, 0.717) is 11.8 Å². The first kappa shape index (κ1) is 29.6. The summed E-state index contributed by atoms with van der Waals surface area (Å²) in [6.45, 7) is 0. The van der Waals surface area contributed by atoms with E-state index in [1.807, 2.05) is 0 Å². The molecule has 7 aromatic rings. The van der Waals surface area contributed by atoms with Crippen molar-refractivity contribution in [2.75, 3.05) is 5.32 Å². The first-order chi connectivity index (χ1) is 25.3. The van der Waals surface area contributed by atoms with E-state index >= 15 is 0 Å². The van der Waals surface area contributed by atoms with Crippen molar-refractivity contribution < 1.29 is 4.42 Å². The fourth-order valence-corrected chi connectivity index (χ4v) is 10.7. The van der Waals surface area contributed by atoms with Crippen LogP contribution in [-0.2, 0) is 5.41 Å². The molecule has 0 saturated heterocycles. The first-order valence-corrected chi connectivity index (χ1v) is 19.5. The number of benzene rings is 6. The quantitative estimate of drug-likeness (QED) is 0.203. The second-order valence-electron chi connectivity index (χ2n) is 15.7. The maximum absolute atomic E-state index is 6.51. The average Bonchev–Trinajstić information content (AvgIpc) is 3.83. The number of fused-ring (bicyclic) bond motifs is 13. The van der Waals surface area contributed by atoms with Gasteiger partial charge in [-0.3, -0.25) is 0 Å². The fraction of sp³-hybridized carbons (Fsp3) is 0.265. The molecular formula is C49H43NO. The molecule has 6 aromatic carbocycles. The highest BCUT2D eigenvalue weighted by atomic mass is 16.3. The van der Waals surface area contributed by atoms with Crippen LogP contribution in [0.2, 0.25) is 0 Å². The predicted octanol–water partition coefficient (Wildman–Crippen LogP) is 13.8. The van der Waals surface area contributed by atoms with Crippen LogP contribution in [0, 0.1) is 0 Å². The maximum Gasteiger partial charge on any atom is 0.158 e. The standard InChI is InChI=1S/C49H43NO/c1-3-13-31(14-4-1)33-25-27-35-36-28-26-34(32-15-5-2-6-16-32)30-43(36)49(42(35)29-33)40-20-9-7-18-39(40)47-41(49)21-12-22-44(47)50-45-23-11-19-38-37-17-8-10-24-46(37)51-48(38)45/h7-12,17-32,50H,1-6,13-16H2. The number of hydrogen-bond donors (Lipinski definition) is 1. The Balaban J connectivity index is 1.15. The van der Waals surface area contributed by atoms with Crippen LogP contribution in [0.3, 0.4) is 0 Å². The van der Waals surface area contributed by atoms with Gasteiger partial charge in [-0.25, -0.2) is 0 Å². The summed E-state index contributed by atoms with van der Waals surface area (Å²) in [5.74, 6) is 1.30. The van der Waals surface area contributed by atoms with Crippen molar-refractivity contribution in [3.8, 4) is 22.3 Å². The van der Waals surface area contributed by atoms with Crippen LogP contribution in [0.4, 0.5) is 11.4 Å². The minimum Gasteiger partial charge on any atom is -0.454 e. The van der Waals surface area contributed by atoms with Gasteiger partial charge in [-0.1, -0.05) is 142 Å². The Hall–Kier alpha value is -5.08. The molecule has 1 spiro atoms. The van der Waals surface area contributed by atoms with Gasteiger partial charge in [0.25, 0.3) is 0 Å². The molecule has 0 amide bonds. The lowest BCUT2D eigenvalue weighted by molar-refractivity contribution is 0.443. The van der Waals surface area contributed by atoms with E-state index in [2.05, 4.69) is 127 Å². The summed E-state index contributed by atoms with van der Waals surface area (Å²) in [6, 6.07) is 46.3. The maximum atomic E-state index is 6.51. The topological polar surface area (TPSA) is 25.2 Å². The van der Waals surface area contributed by atoms with Crippen molar-refractivity contribution in [1.29, 1.82) is 0 Å². The molecule has 2 heteroatoms. The lowest BCUT2D eigenvalue weighted by Gasteiger charge is -2.32. The molecule has 51 heavy (non-hydrogen) atoms. The SMILES string of the molecule is c1ccc2c(c1)-c1c(Nc3cccc4c3oc3ccccc34)cccc1C21c2cc(C3CCCCC3)ccc2-c2ccc(C3CCCCC3)cc21. The highest BCUT2D eigenvalue weighted by Crippen LogP contribution is 2.64. The van der Waals surface area contributed by atoms with E-state index in [-0.39, 0.29) is 5.41 Å². The summed E-state index contributed by atoms with van der Waals surface area (Å²) >= 11 is 0. The van der Waals surface area contributed by atoms with Crippen LogP contribution >= 0.6 is 0 Å². The highest BCUT2D eigenvalue weighted by Gasteiger charge is 2.52. The van der Waals surface area contributed by atoms with Crippen LogP contribution in [-0.4, -0.2) is 0 Å². The number of hydrogen-bond acceptors (Lipinski definition) is 2. The monoisotopic (exact) mass is 661 g/mol. The number of furan rings is 1. The molecule has 2 nitrogen and oxygen atoms in total. The normalized spacial score (nSPS) is 17.8. The molecule has 4 aliphatic carbocycles. The van der Waals surface area contributed by atoms with Gasteiger partial charge in [0.05, 0.1) is 11.1 Å². The lowest BCUT2D eigenvalue weighted by atomic mass is 9.69. The molecule has 0 atom stereocenters. The molecule has 2 saturated carbocycles. The van der Waals surface area contributed by atoms with Gasteiger partial charge in [0, 0.05) is 22.0 Å². The number of rotatable bonds is 4. The van der Waals surface area contributed by atoms with E-state index in [4.69, 9.17) is 4.42 Å². The molecule has 1 N–H and O–H groups in total. The molecule has 250 valence electrons. The van der Waals surface area contributed by atoms with Gasteiger partial charge in [-0.15, -0.1) is 0 Å². The molecule has 0 bridgehead atoms. The summed E-state index contributed by atoms with van der Waals surface area (Å²) in [4.78, 5) is 0. The van der Waals surface area contributed by atoms with Crippen molar-refractivity contribution in [3.05, 3.63) is 155 Å². The molecule has 1 aromatic heterocycles. The zero-order valence-corrected chi connectivity index (χ0v) is 29.2. The second-order valence-corrected chi connectivity index (χ2v) is 15.7. The summed E-state index contributed by atoms with van der Waals surface area (Å²) in [6.07, 6.45) is 13.3. The number of nitrogens with one attached hydrogen (secondary N) is 1. The van der Waals surface area contributed by atoms with E-state index in [1.54, 1.807) is 0 Å². The van der Waals surface area contributed by atoms with Crippen molar-refractivity contribution >= 4 is 33.3 Å². The minimum atomic E-state index is -0.366. The Labute approximate surface area is 300 Å². The molecule has 4 aliphatic rings. The van der Waals surface area contributed by atoms with Crippen LogP contribution in [0.1, 0.15) is 109 Å². The van der Waals surface area contributed by atoms with Gasteiger partial charge in [0.2, 0.25) is 0 Å². The zero-order valence-electron chi connectivity index (χ0n) is 29.2. The van der Waals surface area contributed by atoms with Crippen LogP contribution in [0.15, 0.2) is 126 Å². The van der Waals surface area contributed by atoms with Gasteiger partial charge in [0.15, 0.2) is 5.58 Å². The third-order valence-electron chi connectivity index (χ3n) is 13.1. The molecule has 0 aliphatic heterocycles. The molecule has 0 unspecified atom stereocenters. The molecule has 0 radical (unpaired) electrons. The molecular weight excluding hydrogens is 619 g/mol. The Bertz CT molecular complexity index is 2420. The Kier molecular flexibility index (Phi) is 6.66. The van der Waals surface area contributed by atoms with E-state index in [0.717, 1.165) is 33.3 Å². The van der Waals surface area contributed by atoms with Crippen molar-refractivity contribution in [2.45, 2.75) is 81.5 Å². The minimum absolute atomic E-state index is 0.366. The fourth-order valence-electron chi connectivity index (χ4n) is 10.7.